The zero-order valence-corrected chi connectivity index (χ0v) is 13.2. The summed E-state index contributed by atoms with van der Waals surface area (Å²) in [7, 11) is 1.87. The number of aromatic nitrogens is 2. The first-order valence-electron chi connectivity index (χ1n) is 6.90. The fourth-order valence-corrected chi connectivity index (χ4v) is 2.89. The number of halogens is 2. The van der Waals surface area contributed by atoms with Crippen LogP contribution in [0.3, 0.4) is 0 Å². The van der Waals surface area contributed by atoms with Crippen molar-refractivity contribution >= 4 is 11.6 Å². The largest absolute Gasteiger partial charge is 0.271 e. The van der Waals surface area contributed by atoms with Gasteiger partial charge < -0.3 is 0 Å². The minimum atomic E-state index is -0.251. The normalized spacial score (nSPS) is 12.7. The molecule has 0 radical (unpaired) electrons. The summed E-state index contributed by atoms with van der Waals surface area (Å²) in [5, 5.41) is 5.08. The zero-order valence-electron chi connectivity index (χ0n) is 12.5. The van der Waals surface area contributed by atoms with Gasteiger partial charge in [-0.3, -0.25) is 16.0 Å². The molecule has 1 heterocycles. The Kier molecular flexibility index (Phi) is 4.98. The lowest BCUT2D eigenvalue weighted by molar-refractivity contribution is 0.525. The first kappa shape index (κ1) is 15.9. The van der Waals surface area contributed by atoms with Gasteiger partial charge in [0.2, 0.25) is 0 Å². The fraction of sp³-hybridized carbons (Fsp3) is 0.400. The molecule has 0 saturated heterocycles. The van der Waals surface area contributed by atoms with Gasteiger partial charge in [-0.25, -0.2) is 4.39 Å². The highest BCUT2D eigenvalue weighted by Gasteiger charge is 2.20. The number of hydrazine groups is 1. The molecule has 1 atom stereocenters. The average Bonchev–Trinajstić information content (AvgIpc) is 2.72. The summed E-state index contributed by atoms with van der Waals surface area (Å²) < 4.78 is 15.0. The van der Waals surface area contributed by atoms with Crippen molar-refractivity contribution in [3.05, 3.63) is 51.6 Å². The minimum absolute atomic E-state index is 0.150. The third kappa shape index (κ3) is 3.26. The van der Waals surface area contributed by atoms with Crippen LogP contribution in [0, 0.1) is 12.7 Å². The Morgan fingerprint density at radius 3 is 2.71 bits per heavy atom. The predicted molar refractivity (Wildman–Crippen MR) is 82.5 cm³/mol. The number of hydrogen-bond donors (Lipinski definition) is 2. The van der Waals surface area contributed by atoms with E-state index in [-0.39, 0.29) is 11.9 Å². The van der Waals surface area contributed by atoms with Crippen LogP contribution in [0.1, 0.15) is 35.5 Å². The zero-order chi connectivity index (χ0) is 15.6. The molecule has 6 heteroatoms. The van der Waals surface area contributed by atoms with Crippen molar-refractivity contribution in [2.75, 3.05) is 0 Å². The number of nitrogens with zero attached hydrogens (tertiary/aromatic N) is 2. The molecule has 0 aliphatic rings. The van der Waals surface area contributed by atoms with E-state index in [4.69, 9.17) is 17.4 Å². The van der Waals surface area contributed by atoms with Crippen molar-refractivity contribution in [3.63, 3.8) is 0 Å². The Morgan fingerprint density at radius 2 is 2.19 bits per heavy atom. The lowest BCUT2D eigenvalue weighted by atomic mass is 9.97. The van der Waals surface area contributed by atoms with Gasteiger partial charge in [-0.05, 0) is 36.6 Å². The molecule has 0 aliphatic carbocycles. The van der Waals surface area contributed by atoms with Crippen LogP contribution in [0.2, 0.25) is 5.02 Å². The molecule has 2 rings (SSSR count). The van der Waals surface area contributed by atoms with Crippen LogP contribution in [0.5, 0.6) is 0 Å². The molecule has 3 N–H and O–H groups in total. The van der Waals surface area contributed by atoms with Crippen molar-refractivity contribution in [2.45, 2.75) is 32.7 Å². The standard InChI is InChI=1S/C15H20ClFN4/c1-4-12-15(16)14(21(3)20-12)8-13(19-18)11-6-5-10(17)7-9(11)2/h5-7,13,19H,4,8,18H2,1-3H3. The molecule has 0 saturated carbocycles. The lowest BCUT2D eigenvalue weighted by Crippen LogP contribution is -2.30. The van der Waals surface area contributed by atoms with Crippen molar-refractivity contribution in [3.8, 4) is 0 Å². The van der Waals surface area contributed by atoms with Crippen molar-refractivity contribution < 1.29 is 4.39 Å². The molecule has 21 heavy (non-hydrogen) atoms. The Labute approximate surface area is 129 Å². The van der Waals surface area contributed by atoms with E-state index in [1.165, 1.54) is 12.1 Å². The summed E-state index contributed by atoms with van der Waals surface area (Å²) in [5.74, 6) is 5.43. The minimum Gasteiger partial charge on any atom is -0.271 e. The molecular weight excluding hydrogens is 291 g/mol. The number of rotatable bonds is 5. The monoisotopic (exact) mass is 310 g/mol. The third-order valence-electron chi connectivity index (χ3n) is 3.71. The molecule has 0 spiro atoms. The molecule has 114 valence electrons. The SMILES string of the molecule is CCc1nn(C)c(CC(NN)c2ccc(F)cc2C)c1Cl. The van der Waals surface area contributed by atoms with Crippen molar-refractivity contribution in [1.29, 1.82) is 0 Å². The highest BCUT2D eigenvalue weighted by atomic mass is 35.5. The molecule has 1 aromatic carbocycles. The maximum absolute atomic E-state index is 13.2. The number of hydrogen-bond acceptors (Lipinski definition) is 3. The van der Waals surface area contributed by atoms with E-state index in [1.807, 2.05) is 20.9 Å². The van der Waals surface area contributed by atoms with Gasteiger partial charge in [0.15, 0.2) is 0 Å². The van der Waals surface area contributed by atoms with Gasteiger partial charge in [0.1, 0.15) is 5.82 Å². The number of benzene rings is 1. The summed E-state index contributed by atoms with van der Waals surface area (Å²) in [6.07, 6.45) is 1.37. The van der Waals surface area contributed by atoms with Gasteiger partial charge in [0, 0.05) is 13.5 Å². The van der Waals surface area contributed by atoms with Crippen molar-refractivity contribution in [1.82, 2.24) is 15.2 Å². The van der Waals surface area contributed by atoms with E-state index in [2.05, 4.69) is 10.5 Å². The smallest absolute Gasteiger partial charge is 0.123 e. The van der Waals surface area contributed by atoms with Crippen LogP contribution < -0.4 is 11.3 Å². The van der Waals surface area contributed by atoms with Gasteiger partial charge in [0.25, 0.3) is 0 Å². The molecule has 1 unspecified atom stereocenters. The average molecular weight is 311 g/mol. The number of nitrogens with one attached hydrogen (secondary N) is 1. The summed E-state index contributed by atoms with van der Waals surface area (Å²) in [6.45, 7) is 3.88. The van der Waals surface area contributed by atoms with Crippen LogP contribution in [-0.2, 0) is 19.9 Å². The number of aryl methyl sites for hydroxylation is 3. The molecular formula is C15H20ClFN4. The molecule has 0 bridgehead atoms. The van der Waals surface area contributed by atoms with Gasteiger partial charge >= 0.3 is 0 Å². The quantitative estimate of drug-likeness (QED) is 0.659. The first-order chi connectivity index (χ1) is 9.97. The van der Waals surface area contributed by atoms with E-state index >= 15 is 0 Å². The second-order valence-corrected chi connectivity index (χ2v) is 5.49. The molecule has 4 nitrogen and oxygen atoms in total. The fourth-order valence-electron chi connectivity index (χ4n) is 2.52. The summed E-state index contributed by atoms with van der Waals surface area (Å²) in [5.41, 5.74) is 6.39. The summed E-state index contributed by atoms with van der Waals surface area (Å²) in [4.78, 5) is 0. The predicted octanol–water partition coefficient (Wildman–Crippen LogP) is 2.83. The van der Waals surface area contributed by atoms with Crippen LogP contribution >= 0.6 is 11.6 Å². The Hall–Kier alpha value is -1.43. The van der Waals surface area contributed by atoms with E-state index < -0.39 is 0 Å². The van der Waals surface area contributed by atoms with E-state index in [0.29, 0.717) is 11.4 Å². The first-order valence-corrected chi connectivity index (χ1v) is 7.28. The highest BCUT2D eigenvalue weighted by Crippen LogP contribution is 2.27. The second kappa shape index (κ2) is 6.56. The summed E-state index contributed by atoms with van der Waals surface area (Å²) >= 11 is 6.37. The lowest BCUT2D eigenvalue weighted by Gasteiger charge is -2.19. The topological polar surface area (TPSA) is 55.9 Å². The van der Waals surface area contributed by atoms with Crippen LogP contribution in [-0.4, -0.2) is 9.78 Å². The second-order valence-electron chi connectivity index (χ2n) is 5.11. The summed E-state index contributed by atoms with van der Waals surface area (Å²) in [6, 6.07) is 4.54. The molecule has 2 aromatic rings. The van der Waals surface area contributed by atoms with Gasteiger partial charge in [-0.15, -0.1) is 0 Å². The molecule has 0 aliphatic heterocycles. The van der Waals surface area contributed by atoms with Gasteiger partial charge in [-0.2, -0.15) is 5.10 Å². The van der Waals surface area contributed by atoms with E-state index in [0.717, 1.165) is 28.9 Å². The third-order valence-corrected chi connectivity index (χ3v) is 4.15. The Bertz CT molecular complexity index is 639. The molecule has 1 aromatic heterocycles. The van der Waals surface area contributed by atoms with Gasteiger partial charge in [0.05, 0.1) is 22.5 Å². The molecule has 0 fully saturated rings. The number of nitrogens with two attached hydrogens (primary N) is 1. The van der Waals surface area contributed by atoms with Crippen LogP contribution in [0.4, 0.5) is 4.39 Å². The van der Waals surface area contributed by atoms with Gasteiger partial charge in [-0.1, -0.05) is 24.6 Å². The molecule has 0 amide bonds. The van der Waals surface area contributed by atoms with Crippen molar-refractivity contribution in [2.24, 2.45) is 12.9 Å². The Morgan fingerprint density at radius 1 is 1.48 bits per heavy atom. The van der Waals surface area contributed by atoms with E-state index in [1.54, 1.807) is 10.7 Å². The highest BCUT2D eigenvalue weighted by molar-refractivity contribution is 6.31. The maximum atomic E-state index is 13.2. The van der Waals surface area contributed by atoms with Crippen LogP contribution in [0.25, 0.3) is 0 Å². The maximum Gasteiger partial charge on any atom is 0.123 e. The Balaban J connectivity index is 2.33. The van der Waals surface area contributed by atoms with Crippen LogP contribution in [0.15, 0.2) is 18.2 Å². The van der Waals surface area contributed by atoms with E-state index in [9.17, 15) is 4.39 Å².